The summed E-state index contributed by atoms with van der Waals surface area (Å²) in [5, 5.41) is 2.92. The minimum atomic E-state index is -0.223. The van der Waals surface area contributed by atoms with E-state index in [1.807, 2.05) is 51.0 Å². The van der Waals surface area contributed by atoms with Crippen molar-refractivity contribution < 1.29 is 4.79 Å². The van der Waals surface area contributed by atoms with Gasteiger partial charge in [-0.05, 0) is 25.1 Å². The average molecular weight is 314 g/mol. The molecule has 0 spiro atoms. The Bertz CT molecular complexity index is 432. The summed E-state index contributed by atoms with van der Waals surface area (Å²) >= 11 is 3.41. The van der Waals surface area contributed by atoms with E-state index in [0.29, 0.717) is 0 Å². The summed E-state index contributed by atoms with van der Waals surface area (Å²) in [6.45, 7) is 3.66. The van der Waals surface area contributed by atoms with Crippen molar-refractivity contribution in [3.8, 4) is 0 Å². The molecule has 0 aliphatic carbocycles. The van der Waals surface area contributed by atoms with E-state index in [9.17, 15) is 4.79 Å². The van der Waals surface area contributed by atoms with Crippen LogP contribution in [0.5, 0.6) is 0 Å². The molecular formula is C13H20BrN3O. The molecule has 0 aromatic heterocycles. The highest BCUT2D eigenvalue weighted by molar-refractivity contribution is 9.10. The van der Waals surface area contributed by atoms with Crippen LogP contribution in [-0.4, -0.2) is 26.0 Å². The Labute approximate surface area is 117 Å². The quantitative estimate of drug-likeness (QED) is 0.897. The van der Waals surface area contributed by atoms with Gasteiger partial charge < -0.3 is 16.0 Å². The molecule has 5 heteroatoms. The van der Waals surface area contributed by atoms with E-state index >= 15 is 0 Å². The first-order valence-corrected chi connectivity index (χ1v) is 6.65. The fourth-order valence-corrected chi connectivity index (χ4v) is 1.84. The third-order valence-electron chi connectivity index (χ3n) is 2.90. The molecule has 0 radical (unpaired) electrons. The van der Waals surface area contributed by atoms with Gasteiger partial charge in [-0.25, -0.2) is 0 Å². The van der Waals surface area contributed by atoms with Crippen molar-refractivity contribution in [2.75, 3.05) is 24.3 Å². The molecule has 4 nitrogen and oxygen atoms in total. The highest BCUT2D eigenvalue weighted by atomic mass is 79.9. The zero-order chi connectivity index (χ0) is 13.9. The Morgan fingerprint density at radius 3 is 2.50 bits per heavy atom. The topological polar surface area (TPSA) is 58.4 Å². The number of carbonyl (C=O) groups excluding carboxylic acids is 1. The molecule has 1 rings (SSSR count). The Morgan fingerprint density at radius 2 is 2.00 bits per heavy atom. The van der Waals surface area contributed by atoms with E-state index in [0.717, 1.165) is 15.8 Å². The molecule has 1 aromatic rings. The number of hydrogen-bond acceptors (Lipinski definition) is 3. The van der Waals surface area contributed by atoms with Crippen LogP contribution in [-0.2, 0) is 4.79 Å². The molecule has 1 aromatic carbocycles. The van der Waals surface area contributed by atoms with Gasteiger partial charge in [-0.15, -0.1) is 0 Å². The lowest BCUT2D eigenvalue weighted by molar-refractivity contribution is -0.119. The molecule has 0 heterocycles. The number of nitrogens with one attached hydrogen (secondary N) is 1. The van der Waals surface area contributed by atoms with Gasteiger partial charge in [0.05, 0.1) is 17.3 Å². The number of nitrogens with zero attached hydrogens (tertiary/aromatic N) is 1. The second-order valence-corrected chi connectivity index (χ2v) is 5.61. The van der Waals surface area contributed by atoms with Gasteiger partial charge in [0.1, 0.15) is 0 Å². The molecular weight excluding hydrogens is 294 g/mol. The average Bonchev–Trinajstić information content (AvgIpc) is 2.27. The summed E-state index contributed by atoms with van der Waals surface area (Å²) in [5.41, 5.74) is 7.48. The fraction of sp³-hybridized carbons (Fsp3) is 0.462. The Hall–Kier alpha value is -1.07. The summed E-state index contributed by atoms with van der Waals surface area (Å²) < 4.78 is 0.928. The molecule has 0 fully saturated rings. The maximum absolute atomic E-state index is 12.0. The van der Waals surface area contributed by atoms with Crippen molar-refractivity contribution in [1.82, 2.24) is 0 Å². The first-order valence-electron chi connectivity index (χ1n) is 5.86. The van der Waals surface area contributed by atoms with Crippen LogP contribution in [0.25, 0.3) is 0 Å². The van der Waals surface area contributed by atoms with Gasteiger partial charge in [0.15, 0.2) is 0 Å². The second-order valence-electron chi connectivity index (χ2n) is 4.69. The number of hydrogen-bond donors (Lipinski definition) is 2. The summed E-state index contributed by atoms with van der Waals surface area (Å²) in [4.78, 5) is 14.0. The molecule has 0 bridgehead atoms. The molecule has 1 amide bonds. The van der Waals surface area contributed by atoms with E-state index in [1.54, 1.807) is 0 Å². The van der Waals surface area contributed by atoms with Crippen LogP contribution in [0.1, 0.15) is 13.8 Å². The summed E-state index contributed by atoms with van der Waals surface area (Å²) in [5.74, 6) is -0.287. The number of nitrogens with two attached hydrogens (primary N) is 1. The molecule has 0 aliphatic heterocycles. The number of rotatable bonds is 4. The predicted octanol–water partition coefficient (Wildman–Crippen LogP) is 2.44. The Kier molecular flexibility index (Phi) is 5.16. The third-order valence-corrected chi connectivity index (χ3v) is 3.39. The number of amides is 1. The largest absolute Gasteiger partial charge is 0.376 e. The van der Waals surface area contributed by atoms with Crippen molar-refractivity contribution in [1.29, 1.82) is 0 Å². The minimum Gasteiger partial charge on any atom is -0.376 e. The van der Waals surface area contributed by atoms with Crippen molar-refractivity contribution in [2.24, 2.45) is 11.7 Å². The highest BCUT2D eigenvalue weighted by Gasteiger charge is 2.18. The monoisotopic (exact) mass is 313 g/mol. The lowest BCUT2D eigenvalue weighted by Crippen LogP contribution is -2.34. The molecule has 3 N–H and O–H groups in total. The van der Waals surface area contributed by atoms with Crippen LogP contribution in [0.4, 0.5) is 11.4 Å². The Balaban J connectivity index is 2.96. The third kappa shape index (κ3) is 3.71. The minimum absolute atomic E-state index is 0.0637. The van der Waals surface area contributed by atoms with Crippen LogP contribution < -0.4 is 16.0 Å². The van der Waals surface area contributed by atoms with Gasteiger partial charge in [-0.3, -0.25) is 4.79 Å². The highest BCUT2D eigenvalue weighted by Crippen LogP contribution is 2.28. The number of anilines is 2. The number of halogens is 1. The lowest BCUT2D eigenvalue weighted by atomic mass is 10.0. The predicted molar refractivity (Wildman–Crippen MR) is 79.9 cm³/mol. The van der Waals surface area contributed by atoms with Crippen molar-refractivity contribution >= 4 is 33.2 Å². The zero-order valence-electron chi connectivity index (χ0n) is 11.2. The SMILES string of the molecule is CC(N)C(C)C(=O)Nc1cc(Br)ccc1N(C)C. The van der Waals surface area contributed by atoms with Crippen LogP contribution >= 0.6 is 15.9 Å². The Morgan fingerprint density at radius 1 is 1.39 bits per heavy atom. The van der Waals surface area contributed by atoms with E-state index in [2.05, 4.69) is 21.2 Å². The van der Waals surface area contributed by atoms with Crippen LogP contribution in [0, 0.1) is 5.92 Å². The summed E-state index contributed by atoms with van der Waals surface area (Å²) in [7, 11) is 3.88. The summed E-state index contributed by atoms with van der Waals surface area (Å²) in [6.07, 6.45) is 0. The first-order chi connectivity index (χ1) is 8.32. The molecule has 2 unspecified atom stereocenters. The molecule has 18 heavy (non-hydrogen) atoms. The van der Waals surface area contributed by atoms with Gasteiger partial charge in [0, 0.05) is 24.6 Å². The van der Waals surface area contributed by atoms with Crippen LogP contribution in [0.3, 0.4) is 0 Å². The van der Waals surface area contributed by atoms with Crippen LogP contribution in [0.2, 0.25) is 0 Å². The van der Waals surface area contributed by atoms with Crippen LogP contribution in [0.15, 0.2) is 22.7 Å². The first kappa shape index (κ1) is 15.0. The molecule has 0 aliphatic rings. The molecule has 2 atom stereocenters. The normalized spacial score (nSPS) is 13.9. The molecule has 0 saturated heterocycles. The molecule has 100 valence electrons. The van der Waals surface area contributed by atoms with Gasteiger partial charge >= 0.3 is 0 Å². The van der Waals surface area contributed by atoms with Gasteiger partial charge in [-0.1, -0.05) is 22.9 Å². The van der Waals surface area contributed by atoms with E-state index in [-0.39, 0.29) is 17.9 Å². The van der Waals surface area contributed by atoms with Crippen molar-refractivity contribution in [3.63, 3.8) is 0 Å². The van der Waals surface area contributed by atoms with Gasteiger partial charge in [0.25, 0.3) is 0 Å². The van der Waals surface area contributed by atoms with E-state index in [4.69, 9.17) is 5.73 Å². The standard InChI is InChI=1S/C13H20BrN3O/c1-8(9(2)15)13(18)16-11-7-10(14)5-6-12(11)17(3)4/h5-9H,15H2,1-4H3,(H,16,18). The van der Waals surface area contributed by atoms with Gasteiger partial charge in [0.2, 0.25) is 5.91 Å². The maximum atomic E-state index is 12.0. The maximum Gasteiger partial charge on any atom is 0.228 e. The number of benzene rings is 1. The zero-order valence-corrected chi connectivity index (χ0v) is 12.8. The lowest BCUT2D eigenvalue weighted by Gasteiger charge is -2.21. The van der Waals surface area contributed by atoms with E-state index in [1.165, 1.54) is 0 Å². The fourth-order valence-electron chi connectivity index (χ4n) is 1.48. The summed E-state index contributed by atoms with van der Waals surface area (Å²) in [6, 6.07) is 5.62. The number of carbonyl (C=O) groups is 1. The smallest absolute Gasteiger partial charge is 0.228 e. The molecule has 0 saturated carbocycles. The van der Waals surface area contributed by atoms with Crippen molar-refractivity contribution in [3.05, 3.63) is 22.7 Å². The van der Waals surface area contributed by atoms with Crippen molar-refractivity contribution in [2.45, 2.75) is 19.9 Å². The second kappa shape index (κ2) is 6.20. The van der Waals surface area contributed by atoms with E-state index < -0.39 is 0 Å². The van der Waals surface area contributed by atoms with Gasteiger partial charge in [-0.2, -0.15) is 0 Å².